The molecule has 1 rings (SSSR count). The predicted octanol–water partition coefficient (Wildman–Crippen LogP) is 1.55. The lowest BCUT2D eigenvalue weighted by molar-refractivity contribution is 0.141. The van der Waals surface area contributed by atoms with E-state index >= 15 is 0 Å². The number of aromatic nitrogens is 1. The molecule has 4 nitrogen and oxygen atoms in total. The van der Waals surface area contributed by atoms with Gasteiger partial charge in [0.15, 0.2) is 5.75 Å². The van der Waals surface area contributed by atoms with Crippen LogP contribution in [-0.2, 0) is 13.0 Å². The van der Waals surface area contributed by atoms with Crippen LogP contribution >= 0.6 is 0 Å². The molecule has 0 bridgehead atoms. The van der Waals surface area contributed by atoms with Gasteiger partial charge < -0.3 is 10.5 Å². The molecule has 1 heterocycles. The van der Waals surface area contributed by atoms with Crippen LogP contribution in [0.1, 0.15) is 23.4 Å². The van der Waals surface area contributed by atoms with Crippen LogP contribution in [0.25, 0.3) is 0 Å². The van der Waals surface area contributed by atoms with Crippen molar-refractivity contribution in [1.82, 2.24) is 4.98 Å². The summed E-state index contributed by atoms with van der Waals surface area (Å²) >= 11 is 0. The summed E-state index contributed by atoms with van der Waals surface area (Å²) in [5.74, 6) is -0.0336. The van der Waals surface area contributed by atoms with Crippen molar-refractivity contribution >= 4 is 0 Å². The third kappa shape index (κ3) is 2.44. The summed E-state index contributed by atoms with van der Waals surface area (Å²) in [7, 11) is 1.27. The Balaban J connectivity index is 3.35. The number of nitrogens with zero attached hydrogens (tertiary/aromatic N) is 2. The van der Waals surface area contributed by atoms with Gasteiger partial charge in [-0.25, -0.2) is 13.8 Å². The normalized spacial score (nSPS) is 10.2. The second-order valence-corrected chi connectivity index (χ2v) is 3.03. The van der Waals surface area contributed by atoms with Crippen molar-refractivity contribution in [2.75, 3.05) is 7.11 Å². The molecular weight excluding hydrogens is 216 g/mol. The van der Waals surface area contributed by atoms with Gasteiger partial charge in [-0.05, 0) is 6.07 Å². The Labute approximate surface area is 91.7 Å². The van der Waals surface area contributed by atoms with Crippen molar-refractivity contribution in [2.45, 2.75) is 19.4 Å². The van der Waals surface area contributed by atoms with Crippen molar-refractivity contribution < 1.29 is 13.5 Å². The van der Waals surface area contributed by atoms with Crippen molar-refractivity contribution in [1.29, 1.82) is 5.26 Å². The van der Waals surface area contributed by atoms with Crippen LogP contribution in [0.3, 0.4) is 0 Å². The minimum absolute atomic E-state index is 0.0155. The highest BCUT2D eigenvalue weighted by atomic mass is 19.3. The number of ether oxygens (including phenoxy) is 1. The summed E-state index contributed by atoms with van der Waals surface area (Å²) in [6, 6.07) is 3.39. The predicted molar refractivity (Wildman–Crippen MR) is 53.0 cm³/mol. The summed E-state index contributed by atoms with van der Waals surface area (Å²) in [6.07, 6.45) is -2.77. The maximum Gasteiger partial charge on any atom is 0.284 e. The summed E-state index contributed by atoms with van der Waals surface area (Å²) in [4.78, 5) is 3.70. The Kier molecular flexibility index (Phi) is 4.14. The molecule has 0 saturated carbocycles. The van der Waals surface area contributed by atoms with E-state index in [0.717, 1.165) is 0 Å². The first-order chi connectivity index (χ1) is 7.63. The van der Waals surface area contributed by atoms with Gasteiger partial charge in [-0.15, -0.1) is 0 Å². The number of nitriles is 1. The van der Waals surface area contributed by atoms with Gasteiger partial charge in [0.25, 0.3) is 6.43 Å². The van der Waals surface area contributed by atoms with E-state index in [1.165, 1.54) is 13.2 Å². The van der Waals surface area contributed by atoms with E-state index in [4.69, 9.17) is 15.7 Å². The number of alkyl halides is 2. The second kappa shape index (κ2) is 5.37. The zero-order valence-corrected chi connectivity index (χ0v) is 8.70. The summed E-state index contributed by atoms with van der Waals surface area (Å²) in [5.41, 5.74) is 5.59. The topological polar surface area (TPSA) is 71.9 Å². The number of hydrogen-bond donors (Lipinski definition) is 1. The van der Waals surface area contributed by atoms with Crippen LogP contribution < -0.4 is 10.5 Å². The van der Waals surface area contributed by atoms with Gasteiger partial charge in [0.2, 0.25) is 0 Å². The average molecular weight is 227 g/mol. The molecule has 1 aromatic heterocycles. The van der Waals surface area contributed by atoms with E-state index in [0.29, 0.717) is 11.3 Å². The highest BCUT2D eigenvalue weighted by molar-refractivity contribution is 5.41. The van der Waals surface area contributed by atoms with Crippen molar-refractivity contribution in [3.63, 3.8) is 0 Å². The van der Waals surface area contributed by atoms with Crippen LogP contribution in [0.15, 0.2) is 6.07 Å². The third-order valence-corrected chi connectivity index (χ3v) is 2.02. The fourth-order valence-corrected chi connectivity index (χ4v) is 1.37. The third-order valence-electron chi connectivity index (χ3n) is 2.02. The lowest BCUT2D eigenvalue weighted by atomic mass is 10.1. The molecule has 2 N–H and O–H groups in total. The minimum atomic E-state index is -2.75. The van der Waals surface area contributed by atoms with Crippen molar-refractivity contribution in [3.05, 3.63) is 23.0 Å². The molecular formula is C10H11F2N3O. The molecule has 0 aromatic carbocycles. The van der Waals surface area contributed by atoms with Crippen LogP contribution in [0.2, 0.25) is 0 Å². The molecule has 0 amide bonds. The molecule has 16 heavy (non-hydrogen) atoms. The van der Waals surface area contributed by atoms with Crippen LogP contribution in [0.5, 0.6) is 5.75 Å². The first kappa shape index (κ1) is 12.3. The molecule has 0 saturated heterocycles. The van der Waals surface area contributed by atoms with Gasteiger partial charge in [-0.2, -0.15) is 5.26 Å². The van der Waals surface area contributed by atoms with E-state index in [9.17, 15) is 8.78 Å². The van der Waals surface area contributed by atoms with Gasteiger partial charge in [0.05, 0.1) is 25.3 Å². The Hall–Kier alpha value is -1.74. The van der Waals surface area contributed by atoms with E-state index in [2.05, 4.69) is 4.98 Å². The molecule has 0 radical (unpaired) electrons. The zero-order chi connectivity index (χ0) is 12.1. The fraction of sp³-hybridized carbons (Fsp3) is 0.400. The number of hydrogen-bond acceptors (Lipinski definition) is 4. The largest absolute Gasteiger partial charge is 0.494 e. The maximum absolute atomic E-state index is 12.7. The lowest BCUT2D eigenvalue weighted by Crippen LogP contribution is -2.07. The minimum Gasteiger partial charge on any atom is -0.494 e. The lowest BCUT2D eigenvalue weighted by Gasteiger charge is -2.12. The highest BCUT2D eigenvalue weighted by Gasteiger charge is 2.20. The summed E-state index contributed by atoms with van der Waals surface area (Å²) in [6.45, 7) is 0.0438. The standard InChI is InChI=1S/C10H11F2N3O/c1-16-9-6(2-3-13)4-7(5-14)15-8(9)10(11)12/h4,10H,2,5,14H2,1H3. The highest BCUT2D eigenvalue weighted by Crippen LogP contribution is 2.31. The molecule has 1 aromatic rings. The van der Waals surface area contributed by atoms with Crippen molar-refractivity contribution in [2.24, 2.45) is 5.73 Å². The van der Waals surface area contributed by atoms with Gasteiger partial charge in [0.1, 0.15) is 5.69 Å². The molecule has 0 spiro atoms. The Morgan fingerprint density at radius 1 is 1.62 bits per heavy atom. The van der Waals surface area contributed by atoms with E-state index < -0.39 is 12.1 Å². The zero-order valence-electron chi connectivity index (χ0n) is 8.70. The molecule has 0 aliphatic heterocycles. The number of rotatable bonds is 4. The van der Waals surface area contributed by atoms with Crippen LogP contribution in [-0.4, -0.2) is 12.1 Å². The number of pyridine rings is 1. The molecule has 6 heteroatoms. The van der Waals surface area contributed by atoms with Gasteiger partial charge in [-0.1, -0.05) is 0 Å². The van der Waals surface area contributed by atoms with Crippen LogP contribution in [0, 0.1) is 11.3 Å². The number of halogens is 2. The Bertz CT molecular complexity index is 415. The van der Waals surface area contributed by atoms with E-state index in [1.807, 2.05) is 6.07 Å². The first-order valence-electron chi connectivity index (χ1n) is 4.55. The van der Waals surface area contributed by atoms with E-state index in [-0.39, 0.29) is 18.7 Å². The van der Waals surface area contributed by atoms with Gasteiger partial charge >= 0.3 is 0 Å². The second-order valence-electron chi connectivity index (χ2n) is 3.03. The van der Waals surface area contributed by atoms with E-state index in [1.54, 1.807) is 0 Å². The Morgan fingerprint density at radius 3 is 2.75 bits per heavy atom. The first-order valence-corrected chi connectivity index (χ1v) is 4.55. The SMILES string of the molecule is COc1c(CC#N)cc(CN)nc1C(F)F. The van der Waals surface area contributed by atoms with Gasteiger partial charge in [0, 0.05) is 12.1 Å². The maximum atomic E-state index is 12.7. The average Bonchev–Trinajstić information content (AvgIpc) is 2.28. The van der Waals surface area contributed by atoms with Crippen LogP contribution in [0.4, 0.5) is 8.78 Å². The Morgan fingerprint density at radius 2 is 2.31 bits per heavy atom. The molecule has 0 aliphatic rings. The summed E-state index contributed by atoms with van der Waals surface area (Å²) in [5, 5.41) is 8.59. The molecule has 0 fully saturated rings. The molecule has 0 aliphatic carbocycles. The van der Waals surface area contributed by atoms with Gasteiger partial charge in [-0.3, -0.25) is 0 Å². The number of methoxy groups -OCH3 is 1. The summed E-state index contributed by atoms with van der Waals surface area (Å²) < 4.78 is 30.2. The number of nitrogens with two attached hydrogens (primary N) is 1. The quantitative estimate of drug-likeness (QED) is 0.847. The fourth-order valence-electron chi connectivity index (χ4n) is 1.37. The molecule has 0 atom stereocenters. The smallest absolute Gasteiger partial charge is 0.284 e. The van der Waals surface area contributed by atoms with Crippen molar-refractivity contribution in [3.8, 4) is 11.8 Å². The molecule has 0 unspecified atom stereocenters. The molecule has 86 valence electrons. The monoisotopic (exact) mass is 227 g/mol.